The van der Waals surface area contributed by atoms with Gasteiger partial charge in [0.1, 0.15) is 5.52 Å². The Morgan fingerprint density at radius 1 is 1.30 bits per heavy atom. The third-order valence-electron chi connectivity index (χ3n) is 4.23. The first-order valence-electron chi connectivity index (χ1n) is 7.27. The fourth-order valence-electron chi connectivity index (χ4n) is 3.03. The standard InChI is InChI=1S/C15H21N3O2/c16-12-5-6-13-14(7-12)20-15(18-13)17-8-10-3-1-2-4-11(10)9-19/h5-7,10-11,19H,1-4,8-9,16H2,(H,17,18). The number of nitrogens with zero attached hydrogens (tertiary/aromatic N) is 1. The second-order valence-corrected chi connectivity index (χ2v) is 5.61. The summed E-state index contributed by atoms with van der Waals surface area (Å²) in [6, 6.07) is 5.99. The number of nitrogens with two attached hydrogens (primary N) is 1. The lowest BCUT2D eigenvalue weighted by Gasteiger charge is -2.29. The van der Waals surface area contributed by atoms with Crippen LogP contribution in [0.2, 0.25) is 0 Å². The Bertz CT molecular complexity index is 582. The maximum atomic E-state index is 9.42. The van der Waals surface area contributed by atoms with E-state index < -0.39 is 0 Å². The zero-order chi connectivity index (χ0) is 13.9. The molecule has 3 rings (SSSR count). The molecule has 0 spiro atoms. The largest absolute Gasteiger partial charge is 0.423 e. The van der Waals surface area contributed by atoms with E-state index in [2.05, 4.69) is 10.3 Å². The number of aromatic nitrogens is 1. The second-order valence-electron chi connectivity index (χ2n) is 5.61. The van der Waals surface area contributed by atoms with E-state index in [4.69, 9.17) is 10.2 Å². The molecule has 0 saturated heterocycles. The average molecular weight is 275 g/mol. The predicted molar refractivity (Wildman–Crippen MR) is 79.4 cm³/mol. The number of fused-ring (bicyclic) bond motifs is 1. The second kappa shape index (κ2) is 5.71. The van der Waals surface area contributed by atoms with Crippen molar-refractivity contribution in [1.82, 2.24) is 4.98 Å². The zero-order valence-electron chi connectivity index (χ0n) is 11.5. The molecule has 0 bridgehead atoms. The highest BCUT2D eigenvalue weighted by Crippen LogP contribution is 2.30. The molecule has 1 fully saturated rings. The Balaban J connectivity index is 1.67. The Hall–Kier alpha value is -1.75. The maximum absolute atomic E-state index is 9.42. The third-order valence-corrected chi connectivity index (χ3v) is 4.23. The van der Waals surface area contributed by atoms with Crippen LogP contribution in [0.5, 0.6) is 0 Å². The summed E-state index contributed by atoms with van der Waals surface area (Å²) in [6.07, 6.45) is 4.75. The van der Waals surface area contributed by atoms with Crippen LogP contribution in [-0.2, 0) is 0 Å². The van der Waals surface area contributed by atoms with Gasteiger partial charge in [0.05, 0.1) is 0 Å². The number of rotatable bonds is 4. The zero-order valence-corrected chi connectivity index (χ0v) is 11.5. The number of nitrogens with one attached hydrogen (secondary N) is 1. The van der Waals surface area contributed by atoms with Crippen molar-refractivity contribution in [2.45, 2.75) is 25.7 Å². The Kier molecular flexibility index (Phi) is 3.78. The van der Waals surface area contributed by atoms with Gasteiger partial charge < -0.3 is 20.6 Å². The van der Waals surface area contributed by atoms with Gasteiger partial charge in [-0.3, -0.25) is 0 Å². The van der Waals surface area contributed by atoms with Gasteiger partial charge >= 0.3 is 0 Å². The van der Waals surface area contributed by atoms with Crippen molar-refractivity contribution < 1.29 is 9.52 Å². The fraction of sp³-hybridized carbons (Fsp3) is 0.533. The van der Waals surface area contributed by atoms with E-state index in [-0.39, 0.29) is 6.61 Å². The number of oxazole rings is 1. The number of hydrogen-bond donors (Lipinski definition) is 3. The van der Waals surface area contributed by atoms with Crippen LogP contribution in [0, 0.1) is 11.8 Å². The molecule has 108 valence electrons. The molecule has 0 amide bonds. The normalized spacial score (nSPS) is 23.1. The van der Waals surface area contributed by atoms with Crippen LogP contribution in [0.4, 0.5) is 11.7 Å². The van der Waals surface area contributed by atoms with Crippen molar-refractivity contribution in [3.05, 3.63) is 18.2 Å². The first kappa shape index (κ1) is 13.2. The van der Waals surface area contributed by atoms with E-state index >= 15 is 0 Å². The van der Waals surface area contributed by atoms with Crippen molar-refractivity contribution in [2.24, 2.45) is 11.8 Å². The number of aliphatic hydroxyl groups is 1. The van der Waals surface area contributed by atoms with Crippen molar-refractivity contribution in [3.8, 4) is 0 Å². The molecule has 2 unspecified atom stereocenters. The lowest BCUT2D eigenvalue weighted by Crippen LogP contribution is -2.28. The average Bonchev–Trinajstić information content (AvgIpc) is 2.87. The number of hydrogen-bond acceptors (Lipinski definition) is 5. The summed E-state index contributed by atoms with van der Waals surface area (Å²) in [5.41, 5.74) is 7.91. The van der Waals surface area contributed by atoms with Gasteiger partial charge in [0.25, 0.3) is 6.01 Å². The number of anilines is 2. The van der Waals surface area contributed by atoms with Crippen molar-refractivity contribution in [3.63, 3.8) is 0 Å². The van der Waals surface area contributed by atoms with E-state index in [0.29, 0.717) is 29.1 Å². The van der Waals surface area contributed by atoms with Crippen LogP contribution in [0.25, 0.3) is 11.1 Å². The quantitative estimate of drug-likeness (QED) is 0.747. The highest BCUT2D eigenvalue weighted by Gasteiger charge is 2.24. The van der Waals surface area contributed by atoms with Gasteiger partial charge in [0, 0.05) is 24.9 Å². The summed E-state index contributed by atoms with van der Waals surface area (Å²) in [5.74, 6) is 0.894. The van der Waals surface area contributed by atoms with Crippen molar-refractivity contribution in [2.75, 3.05) is 24.2 Å². The minimum atomic E-state index is 0.274. The van der Waals surface area contributed by atoms with Crippen LogP contribution >= 0.6 is 0 Å². The van der Waals surface area contributed by atoms with Crippen LogP contribution in [0.1, 0.15) is 25.7 Å². The van der Waals surface area contributed by atoms with Crippen LogP contribution < -0.4 is 11.1 Å². The number of aliphatic hydroxyl groups excluding tert-OH is 1. The molecule has 20 heavy (non-hydrogen) atoms. The minimum absolute atomic E-state index is 0.274. The molecule has 1 aliphatic carbocycles. The van der Waals surface area contributed by atoms with Gasteiger partial charge in [0.15, 0.2) is 5.58 Å². The summed E-state index contributed by atoms with van der Waals surface area (Å²) in [5, 5.41) is 12.7. The summed E-state index contributed by atoms with van der Waals surface area (Å²) < 4.78 is 5.64. The molecule has 2 atom stereocenters. The molecule has 5 heteroatoms. The van der Waals surface area contributed by atoms with E-state index in [1.54, 1.807) is 6.07 Å². The lowest BCUT2D eigenvalue weighted by molar-refractivity contribution is 0.140. The summed E-state index contributed by atoms with van der Waals surface area (Å²) in [7, 11) is 0. The minimum Gasteiger partial charge on any atom is -0.423 e. The van der Waals surface area contributed by atoms with Crippen LogP contribution in [0.3, 0.4) is 0 Å². The van der Waals surface area contributed by atoms with Gasteiger partial charge in [0.2, 0.25) is 0 Å². The van der Waals surface area contributed by atoms with E-state index in [9.17, 15) is 5.11 Å². The maximum Gasteiger partial charge on any atom is 0.295 e. The topological polar surface area (TPSA) is 84.3 Å². The fourth-order valence-corrected chi connectivity index (χ4v) is 3.03. The van der Waals surface area contributed by atoms with Crippen molar-refractivity contribution >= 4 is 22.8 Å². The van der Waals surface area contributed by atoms with E-state index in [1.807, 2.05) is 12.1 Å². The molecule has 1 aliphatic rings. The molecule has 1 saturated carbocycles. The molecular formula is C15H21N3O2. The Morgan fingerprint density at radius 3 is 2.90 bits per heavy atom. The molecule has 1 heterocycles. The summed E-state index contributed by atoms with van der Waals surface area (Å²) in [6.45, 7) is 1.07. The van der Waals surface area contributed by atoms with E-state index in [1.165, 1.54) is 12.8 Å². The first-order chi connectivity index (χ1) is 9.76. The van der Waals surface area contributed by atoms with E-state index in [0.717, 1.165) is 24.9 Å². The molecule has 1 aromatic heterocycles. The van der Waals surface area contributed by atoms with Crippen LogP contribution in [-0.4, -0.2) is 23.2 Å². The number of nitrogen functional groups attached to an aromatic ring is 1. The molecule has 2 aromatic rings. The van der Waals surface area contributed by atoms with Gasteiger partial charge in [-0.05, 0) is 36.8 Å². The predicted octanol–water partition coefficient (Wildman–Crippen LogP) is 2.62. The first-order valence-corrected chi connectivity index (χ1v) is 7.27. The molecule has 1 aromatic carbocycles. The summed E-state index contributed by atoms with van der Waals surface area (Å²) in [4.78, 5) is 4.39. The molecule has 5 nitrogen and oxygen atoms in total. The van der Waals surface area contributed by atoms with Crippen molar-refractivity contribution in [1.29, 1.82) is 0 Å². The Labute approximate surface area is 118 Å². The van der Waals surface area contributed by atoms with Gasteiger partial charge in [-0.2, -0.15) is 4.98 Å². The molecule has 0 radical (unpaired) electrons. The highest BCUT2D eigenvalue weighted by molar-refractivity contribution is 5.78. The van der Waals surface area contributed by atoms with Gasteiger partial charge in [-0.15, -0.1) is 0 Å². The lowest BCUT2D eigenvalue weighted by atomic mass is 9.80. The Morgan fingerprint density at radius 2 is 2.10 bits per heavy atom. The van der Waals surface area contributed by atoms with Crippen LogP contribution in [0.15, 0.2) is 22.6 Å². The molecule has 4 N–H and O–H groups in total. The summed E-state index contributed by atoms with van der Waals surface area (Å²) >= 11 is 0. The smallest absolute Gasteiger partial charge is 0.295 e. The third kappa shape index (κ3) is 2.72. The highest BCUT2D eigenvalue weighted by atomic mass is 16.4. The van der Waals surface area contributed by atoms with Gasteiger partial charge in [-0.25, -0.2) is 0 Å². The SMILES string of the molecule is Nc1ccc2nc(NCC3CCCCC3CO)oc2c1. The van der Waals surface area contributed by atoms with Gasteiger partial charge in [-0.1, -0.05) is 12.8 Å². The molecule has 0 aliphatic heterocycles. The number of benzene rings is 1. The molecular weight excluding hydrogens is 254 g/mol. The monoisotopic (exact) mass is 275 g/mol.